The van der Waals surface area contributed by atoms with E-state index in [9.17, 15) is 0 Å². The molecule has 0 bridgehead atoms. The summed E-state index contributed by atoms with van der Waals surface area (Å²) in [7, 11) is 0. The fourth-order valence-electron chi connectivity index (χ4n) is 2.38. The van der Waals surface area contributed by atoms with Crippen molar-refractivity contribution in [3.8, 4) is 23.0 Å². The molecule has 0 fully saturated rings. The van der Waals surface area contributed by atoms with E-state index >= 15 is 0 Å². The SMILES string of the molecule is Cc1ccc(Oc2nc(-c3cccnc3)nc3ccccc23)cn1. The van der Waals surface area contributed by atoms with Gasteiger partial charge in [0, 0.05) is 23.7 Å². The zero-order valence-electron chi connectivity index (χ0n) is 13.0. The number of para-hydroxylation sites is 1. The number of fused-ring (bicyclic) bond motifs is 1. The van der Waals surface area contributed by atoms with Crippen LogP contribution in [0, 0.1) is 6.92 Å². The lowest BCUT2D eigenvalue weighted by Gasteiger charge is -2.10. The van der Waals surface area contributed by atoms with Gasteiger partial charge in [-0.25, -0.2) is 4.98 Å². The van der Waals surface area contributed by atoms with Gasteiger partial charge in [0.05, 0.1) is 17.1 Å². The van der Waals surface area contributed by atoms with Crippen LogP contribution < -0.4 is 4.74 Å². The molecule has 0 atom stereocenters. The lowest BCUT2D eigenvalue weighted by Crippen LogP contribution is -1.96. The Hall–Kier alpha value is -3.34. The molecule has 1 aromatic carbocycles. The molecule has 24 heavy (non-hydrogen) atoms. The molecule has 4 aromatic rings. The molecule has 0 aliphatic heterocycles. The van der Waals surface area contributed by atoms with Gasteiger partial charge in [0.25, 0.3) is 0 Å². The van der Waals surface area contributed by atoms with Crippen molar-refractivity contribution >= 4 is 10.9 Å². The van der Waals surface area contributed by atoms with E-state index < -0.39 is 0 Å². The Morgan fingerprint density at radius 1 is 0.875 bits per heavy atom. The zero-order valence-corrected chi connectivity index (χ0v) is 13.0. The highest BCUT2D eigenvalue weighted by molar-refractivity contribution is 5.85. The van der Waals surface area contributed by atoms with Gasteiger partial charge in [-0.15, -0.1) is 0 Å². The number of pyridine rings is 2. The van der Waals surface area contributed by atoms with Crippen LogP contribution in [-0.2, 0) is 0 Å². The van der Waals surface area contributed by atoms with Crippen molar-refractivity contribution in [1.29, 1.82) is 0 Å². The number of hydrogen-bond donors (Lipinski definition) is 0. The normalized spacial score (nSPS) is 10.7. The summed E-state index contributed by atoms with van der Waals surface area (Å²) in [6.45, 7) is 1.93. The van der Waals surface area contributed by atoms with Gasteiger partial charge in [0.15, 0.2) is 5.82 Å². The van der Waals surface area contributed by atoms with Crippen LogP contribution in [0.2, 0.25) is 0 Å². The maximum Gasteiger partial charge on any atom is 0.230 e. The van der Waals surface area contributed by atoms with Gasteiger partial charge in [-0.1, -0.05) is 12.1 Å². The molecule has 116 valence electrons. The average molecular weight is 314 g/mol. The first-order chi connectivity index (χ1) is 11.8. The van der Waals surface area contributed by atoms with Crippen molar-refractivity contribution in [2.75, 3.05) is 0 Å². The van der Waals surface area contributed by atoms with E-state index in [-0.39, 0.29) is 0 Å². The van der Waals surface area contributed by atoms with Gasteiger partial charge in [0.1, 0.15) is 5.75 Å². The number of rotatable bonds is 3. The number of aromatic nitrogens is 4. The molecule has 0 N–H and O–H groups in total. The zero-order chi connectivity index (χ0) is 16.4. The summed E-state index contributed by atoms with van der Waals surface area (Å²) >= 11 is 0. The Morgan fingerprint density at radius 2 is 1.79 bits per heavy atom. The summed E-state index contributed by atoms with van der Waals surface area (Å²) in [6, 6.07) is 15.3. The minimum absolute atomic E-state index is 0.505. The highest BCUT2D eigenvalue weighted by atomic mass is 16.5. The maximum absolute atomic E-state index is 5.97. The Kier molecular flexibility index (Phi) is 3.59. The van der Waals surface area contributed by atoms with Crippen LogP contribution in [0.5, 0.6) is 11.6 Å². The molecule has 0 saturated heterocycles. The first-order valence-corrected chi connectivity index (χ1v) is 7.57. The Bertz CT molecular complexity index is 985. The molecule has 0 aliphatic rings. The molecule has 0 unspecified atom stereocenters. The van der Waals surface area contributed by atoms with Crippen LogP contribution in [0.25, 0.3) is 22.3 Å². The second kappa shape index (κ2) is 6.04. The van der Waals surface area contributed by atoms with E-state index in [1.807, 2.05) is 55.5 Å². The van der Waals surface area contributed by atoms with Gasteiger partial charge in [-0.3, -0.25) is 9.97 Å². The number of hydrogen-bond acceptors (Lipinski definition) is 5. The highest BCUT2D eigenvalue weighted by Gasteiger charge is 2.11. The summed E-state index contributed by atoms with van der Waals surface area (Å²) in [5.74, 6) is 1.73. The monoisotopic (exact) mass is 314 g/mol. The summed E-state index contributed by atoms with van der Waals surface area (Å²) in [4.78, 5) is 17.6. The van der Waals surface area contributed by atoms with E-state index in [2.05, 4.69) is 19.9 Å². The van der Waals surface area contributed by atoms with Crippen LogP contribution >= 0.6 is 0 Å². The van der Waals surface area contributed by atoms with Gasteiger partial charge in [-0.2, -0.15) is 4.98 Å². The van der Waals surface area contributed by atoms with Gasteiger partial charge >= 0.3 is 0 Å². The highest BCUT2D eigenvalue weighted by Crippen LogP contribution is 2.29. The minimum atomic E-state index is 0.505. The number of nitrogens with zero attached hydrogens (tertiary/aromatic N) is 4. The Labute approximate surface area is 139 Å². The van der Waals surface area contributed by atoms with E-state index in [4.69, 9.17) is 4.74 Å². The third kappa shape index (κ3) is 2.79. The molecule has 3 aromatic heterocycles. The van der Waals surface area contributed by atoms with Crippen molar-refractivity contribution in [3.63, 3.8) is 0 Å². The molecule has 0 aliphatic carbocycles. The summed E-state index contributed by atoms with van der Waals surface area (Å²) in [5, 5.41) is 0.853. The van der Waals surface area contributed by atoms with Gasteiger partial charge in [0.2, 0.25) is 5.88 Å². The second-order valence-electron chi connectivity index (χ2n) is 5.35. The molecular weight excluding hydrogens is 300 g/mol. The van der Waals surface area contributed by atoms with Crippen molar-refractivity contribution in [1.82, 2.24) is 19.9 Å². The minimum Gasteiger partial charge on any atom is -0.437 e. The fourth-order valence-corrected chi connectivity index (χ4v) is 2.38. The summed E-state index contributed by atoms with van der Waals surface area (Å²) in [5.41, 5.74) is 2.60. The van der Waals surface area contributed by atoms with E-state index in [0.717, 1.165) is 22.2 Å². The fraction of sp³-hybridized carbons (Fsp3) is 0.0526. The number of benzene rings is 1. The van der Waals surface area contributed by atoms with Crippen molar-refractivity contribution in [2.24, 2.45) is 0 Å². The van der Waals surface area contributed by atoms with Crippen molar-refractivity contribution in [2.45, 2.75) is 6.92 Å². The maximum atomic E-state index is 5.97. The molecule has 0 amide bonds. The quantitative estimate of drug-likeness (QED) is 0.567. The van der Waals surface area contributed by atoms with Gasteiger partial charge in [-0.05, 0) is 43.3 Å². The molecule has 5 nitrogen and oxygen atoms in total. The van der Waals surface area contributed by atoms with E-state index in [1.54, 1.807) is 18.6 Å². The summed E-state index contributed by atoms with van der Waals surface area (Å²) in [6.07, 6.45) is 5.15. The number of aryl methyl sites for hydroxylation is 1. The lowest BCUT2D eigenvalue weighted by molar-refractivity contribution is 0.466. The first-order valence-electron chi connectivity index (χ1n) is 7.57. The second-order valence-corrected chi connectivity index (χ2v) is 5.35. The topological polar surface area (TPSA) is 60.8 Å². The van der Waals surface area contributed by atoms with Crippen LogP contribution in [0.15, 0.2) is 67.1 Å². The first kappa shape index (κ1) is 14.3. The predicted octanol–water partition coefficient (Wildman–Crippen LogP) is 4.19. The van der Waals surface area contributed by atoms with Crippen molar-refractivity contribution < 1.29 is 4.74 Å². The van der Waals surface area contributed by atoms with Crippen molar-refractivity contribution in [3.05, 3.63) is 72.8 Å². The Balaban J connectivity index is 1.85. The standard InChI is InChI=1S/C19H14N4O/c1-13-8-9-15(12-21-13)24-19-16-6-2-3-7-17(16)22-18(23-19)14-5-4-10-20-11-14/h2-12H,1H3. The third-order valence-electron chi connectivity index (χ3n) is 3.59. The largest absolute Gasteiger partial charge is 0.437 e. The Morgan fingerprint density at radius 3 is 2.58 bits per heavy atom. The molecule has 0 saturated carbocycles. The number of ether oxygens (including phenoxy) is 1. The van der Waals surface area contributed by atoms with Crippen LogP contribution in [0.4, 0.5) is 0 Å². The van der Waals surface area contributed by atoms with Crippen LogP contribution in [0.1, 0.15) is 5.69 Å². The van der Waals surface area contributed by atoms with Crippen LogP contribution in [-0.4, -0.2) is 19.9 Å². The van der Waals surface area contributed by atoms with E-state index in [1.165, 1.54) is 0 Å². The third-order valence-corrected chi connectivity index (χ3v) is 3.59. The van der Waals surface area contributed by atoms with E-state index in [0.29, 0.717) is 17.5 Å². The lowest BCUT2D eigenvalue weighted by atomic mass is 10.2. The molecule has 0 radical (unpaired) electrons. The molecule has 0 spiro atoms. The smallest absolute Gasteiger partial charge is 0.230 e. The predicted molar refractivity (Wildman–Crippen MR) is 91.8 cm³/mol. The summed E-state index contributed by atoms with van der Waals surface area (Å²) < 4.78 is 5.97. The molecule has 5 heteroatoms. The van der Waals surface area contributed by atoms with Crippen LogP contribution in [0.3, 0.4) is 0 Å². The van der Waals surface area contributed by atoms with Gasteiger partial charge < -0.3 is 4.74 Å². The molecule has 3 heterocycles. The molecular formula is C19H14N4O. The molecule has 4 rings (SSSR count). The average Bonchev–Trinajstić information content (AvgIpc) is 2.64.